The van der Waals surface area contributed by atoms with Gasteiger partial charge in [-0.15, -0.1) is 0 Å². The molecule has 0 saturated heterocycles. The van der Waals surface area contributed by atoms with Crippen LogP contribution in [0, 0.1) is 0 Å². The number of pyridine rings is 1. The molecule has 0 bridgehead atoms. The van der Waals surface area contributed by atoms with Gasteiger partial charge in [0.05, 0.1) is 6.61 Å². The molecule has 1 rings (SSSR count). The van der Waals surface area contributed by atoms with E-state index < -0.39 is 0 Å². The van der Waals surface area contributed by atoms with E-state index in [9.17, 15) is 4.79 Å². The molecule has 0 radical (unpaired) electrons. The summed E-state index contributed by atoms with van der Waals surface area (Å²) in [6.45, 7) is 0.724. The highest BCUT2D eigenvalue weighted by atomic mass is 16.5. The molecule has 0 aliphatic carbocycles. The van der Waals surface area contributed by atoms with Crippen molar-refractivity contribution >= 4 is 5.97 Å². The van der Waals surface area contributed by atoms with Gasteiger partial charge in [-0.05, 0) is 37.3 Å². The van der Waals surface area contributed by atoms with Gasteiger partial charge in [-0.1, -0.05) is 12.5 Å². The number of nitrogens with zero attached hydrogens (tertiary/aromatic N) is 1. The van der Waals surface area contributed by atoms with Gasteiger partial charge < -0.3 is 9.84 Å². The number of carbonyl (C=O) groups excluding carboxylic acids is 1. The molecule has 1 aromatic heterocycles. The first-order chi connectivity index (χ1) is 8.83. The van der Waals surface area contributed by atoms with Crippen molar-refractivity contribution in [2.45, 2.75) is 38.5 Å². The molecule has 0 aromatic carbocycles. The molecule has 0 aliphatic heterocycles. The van der Waals surface area contributed by atoms with Gasteiger partial charge in [0.25, 0.3) is 0 Å². The van der Waals surface area contributed by atoms with Crippen molar-refractivity contribution in [3.05, 3.63) is 30.1 Å². The second-order valence-corrected chi connectivity index (χ2v) is 4.22. The molecule has 4 heteroatoms. The summed E-state index contributed by atoms with van der Waals surface area (Å²) in [5, 5.41) is 8.60. The maximum atomic E-state index is 11.4. The Morgan fingerprint density at radius 2 is 2.11 bits per heavy atom. The summed E-state index contributed by atoms with van der Waals surface area (Å²) in [5.41, 5.74) is 1.05. The Balaban J connectivity index is 2.01. The zero-order valence-electron chi connectivity index (χ0n) is 10.7. The predicted molar refractivity (Wildman–Crippen MR) is 69.1 cm³/mol. The van der Waals surface area contributed by atoms with Crippen LogP contribution in [0.3, 0.4) is 0 Å². The molecule has 0 saturated carbocycles. The van der Waals surface area contributed by atoms with Gasteiger partial charge in [-0.25, -0.2) is 0 Å². The van der Waals surface area contributed by atoms with Crippen LogP contribution in [0.4, 0.5) is 0 Å². The summed E-state index contributed by atoms with van der Waals surface area (Å²) in [6, 6.07) is 3.82. The third-order valence-corrected chi connectivity index (χ3v) is 2.66. The van der Waals surface area contributed by atoms with E-state index in [4.69, 9.17) is 9.84 Å². The maximum Gasteiger partial charge on any atom is 0.306 e. The van der Waals surface area contributed by atoms with E-state index in [0.29, 0.717) is 19.4 Å². The van der Waals surface area contributed by atoms with Crippen molar-refractivity contribution in [2.24, 2.45) is 0 Å². The summed E-state index contributed by atoms with van der Waals surface area (Å²) in [4.78, 5) is 15.4. The topological polar surface area (TPSA) is 59.4 Å². The van der Waals surface area contributed by atoms with E-state index >= 15 is 0 Å². The van der Waals surface area contributed by atoms with Crippen LogP contribution in [0.2, 0.25) is 0 Å². The van der Waals surface area contributed by atoms with Gasteiger partial charge in [0, 0.05) is 25.4 Å². The number of ether oxygens (including phenoxy) is 1. The van der Waals surface area contributed by atoms with E-state index in [2.05, 4.69) is 4.98 Å². The smallest absolute Gasteiger partial charge is 0.306 e. The Bertz CT molecular complexity index is 327. The van der Waals surface area contributed by atoms with E-state index in [1.165, 1.54) is 0 Å². The van der Waals surface area contributed by atoms with Crippen molar-refractivity contribution < 1.29 is 14.6 Å². The highest BCUT2D eigenvalue weighted by Gasteiger charge is 2.03. The highest BCUT2D eigenvalue weighted by Crippen LogP contribution is 2.03. The standard InChI is InChI=1S/C14H21NO3/c16-10-3-1-2-4-11-18-14(17)8-7-13-6-5-9-15-12-13/h5-6,9,12,16H,1-4,7-8,10-11H2. The maximum absolute atomic E-state index is 11.4. The minimum Gasteiger partial charge on any atom is -0.466 e. The lowest BCUT2D eigenvalue weighted by molar-refractivity contribution is -0.143. The lowest BCUT2D eigenvalue weighted by atomic mass is 10.1. The normalized spacial score (nSPS) is 10.3. The quantitative estimate of drug-likeness (QED) is 0.539. The molecule has 0 amide bonds. The number of aliphatic hydroxyl groups is 1. The molecule has 0 fully saturated rings. The molecule has 1 N–H and O–H groups in total. The van der Waals surface area contributed by atoms with Gasteiger partial charge >= 0.3 is 5.97 Å². The predicted octanol–water partition coefficient (Wildman–Crippen LogP) is 2.11. The lowest BCUT2D eigenvalue weighted by Gasteiger charge is -2.04. The van der Waals surface area contributed by atoms with Crippen LogP contribution >= 0.6 is 0 Å². The number of aromatic nitrogens is 1. The summed E-state index contributed by atoms with van der Waals surface area (Å²) in [5.74, 6) is -0.152. The molecule has 4 nitrogen and oxygen atoms in total. The Hall–Kier alpha value is -1.42. The first-order valence-corrected chi connectivity index (χ1v) is 6.48. The van der Waals surface area contributed by atoms with Crippen LogP contribution in [0.5, 0.6) is 0 Å². The van der Waals surface area contributed by atoms with Crippen LogP contribution < -0.4 is 0 Å². The third-order valence-electron chi connectivity index (χ3n) is 2.66. The summed E-state index contributed by atoms with van der Waals surface area (Å²) in [7, 11) is 0. The van der Waals surface area contributed by atoms with Gasteiger partial charge in [-0.2, -0.15) is 0 Å². The molecule has 1 heterocycles. The largest absolute Gasteiger partial charge is 0.466 e. The van der Waals surface area contributed by atoms with Gasteiger partial charge in [0.15, 0.2) is 0 Å². The summed E-state index contributed by atoms with van der Waals surface area (Å²) in [6.07, 6.45) is 8.25. The number of esters is 1. The average Bonchev–Trinajstić information content (AvgIpc) is 2.41. The zero-order chi connectivity index (χ0) is 13.1. The summed E-state index contributed by atoms with van der Waals surface area (Å²) < 4.78 is 5.12. The van der Waals surface area contributed by atoms with Crippen LogP contribution in [0.15, 0.2) is 24.5 Å². The Morgan fingerprint density at radius 1 is 1.28 bits per heavy atom. The molecule has 0 aliphatic rings. The van der Waals surface area contributed by atoms with Crippen LogP contribution in [-0.4, -0.2) is 29.3 Å². The fourth-order valence-corrected chi connectivity index (χ4v) is 1.62. The lowest BCUT2D eigenvalue weighted by Crippen LogP contribution is -2.07. The Morgan fingerprint density at radius 3 is 2.83 bits per heavy atom. The van der Waals surface area contributed by atoms with Gasteiger partial charge in [0.1, 0.15) is 0 Å². The Labute approximate surface area is 108 Å². The van der Waals surface area contributed by atoms with Crippen molar-refractivity contribution in [2.75, 3.05) is 13.2 Å². The van der Waals surface area contributed by atoms with E-state index in [1.54, 1.807) is 12.4 Å². The SMILES string of the molecule is O=C(CCc1cccnc1)OCCCCCCO. The monoisotopic (exact) mass is 251 g/mol. The first kappa shape index (κ1) is 14.6. The molecule has 100 valence electrons. The van der Waals surface area contributed by atoms with Crippen LogP contribution in [0.1, 0.15) is 37.7 Å². The Kier molecular flexibility index (Phi) is 7.80. The zero-order valence-corrected chi connectivity index (χ0v) is 10.7. The molecule has 0 unspecified atom stereocenters. The third kappa shape index (κ3) is 7.01. The van der Waals surface area contributed by atoms with Crippen LogP contribution in [0.25, 0.3) is 0 Å². The van der Waals surface area contributed by atoms with Gasteiger partial charge in [0.2, 0.25) is 0 Å². The number of hydrogen-bond acceptors (Lipinski definition) is 4. The number of aliphatic hydroxyl groups excluding tert-OH is 1. The number of unbranched alkanes of at least 4 members (excludes halogenated alkanes) is 3. The van der Waals surface area contributed by atoms with Crippen molar-refractivity contribution in [3.8, 4) is 0 Å². The minimum absolute atomic E-state index is 0.152. The molecule has 18 heavy (non-hydrogen) atoms. The second-order valence-electron chi connectivity index (χ2n) is 4.22. The molecule has 0 spiro atoms. The number of aryl methyl sites for hydroxylation is 1. The van der Waals surface area contributed by atoms with E-state index in [0.717, 1.165) is 31.2 Å². The minimum atomic E-state index is -0.152. The number of carbonyl (C=O) groups is 1. The van der Waals surface area contributed by atoms with Crippen molar-refractivity contribution in [3.63, 3.8) is 0 Å². The van der Waals surface area contributed by atoms with Crippen molar-refractivity contribution in [1.29, 1.82) is 0 Å². The van der Waals surface area contributed by atoms with Crippen LogP contribution in [-0.2, 0) is 16.0 Å². The highest BCUT2D eigenvalue weighted by molar-refractivity contribution is 5.69. The number of hydrogen-bond donors (Lipinski definition) is 1. The fourth-order valence-electron chi connectivity index (χ4n) is 1.62. The van der Waals surface area contributed by atoms with E-state index in [1.807, 2.05) is 12.1 Å². The fraction of sp³-hybridized carbons (Fsp3) is 0.571. The molecule has 1 aromatic rings. The first-order valence-electron chi connectivity index (χ1n) is 6.48. The van der Waals surface area contributed by atoms with Gasteiger partial charge in [-0.3, -0.25) is 9.78 Å². The second kappa shape index (κ2) is 9.59. The number of rotatable bonds is 9. The van der Waals surface area contributed by atoms with Crippen molar-refractivity contribution in [1.82, 2.24) is 4.98 Å². The molecular formula is C14H21NO3. The van der Waals surface area contributed by atoms with E-state index in [-0.39, 0.29) is 12.6 Å². The molecular weight excluding hydrogens is 230 g/mol. The summed E-state index contributed by atoms with van der Waals surface area (Å²) >= 11 is 0. The average molecular weight is 251 g/mol. The molecule has 0 atom stereocenters.